The molecule has 1 heterocycles. The number of hydrogen-bond donors (Lipinski definition) is 0. The van der Waals surface area contributed by atoms with Gasteiger partial charge in [-0.2, -0.15) is 0 Å². The minimum absolute atomic E-state index is 0.0571. The zero-order valence-corrected chi connectivity index (χ0v) is 9.92. The summed E-state index contributed by atoms with van der Waals surface area (Å²) in [6, 6.07) is 9.68. The lowest BCUT2D eigenvalue weighted by molar-refractivity contribution is -0.129. The molecule has 0 aliphatic heterocycles. The molecule has 0 aliphatic carbocycles. The fourth-order valence-corrected chi connectivity index (χ4v) is 1.64. The van der Waals surface area contributed by atoms with E-state index < -0.39 is 6.43 Å². The third kappa shape index (κ3) is 3.34. The summed E-state index contributed by atoms with van der Waals surface area (Å²) < 4.78 is 29.8. The highest BCUT2D eigenvalue weighted by atomic mass is 19.3. The average molecular weight is 263 g/mol. The van der Waals surface area contributed by atoms with Crippen LogP contribution in [0.4, 0.5) is 8.78 Å². The second kappa shape index (κ2) is 6.04. The van der Waals surface area contributed by atoms with Crippen LogP contribution < -0.4 is 0 Å². The zero-order valence-electron chi connectivity index (χ0n) is 9.92. The smallest absolute Gasteiger partial charge is 0.293 e. The average Bonchev–Trinajstić information content (AvgIpc) is 2.46. The van der Waals surface area contributed by atoms with E-state index in [2.05, 4.69) is 9.72 Å². The third-order valence-corrected chi connectivity index (χ3v) is 2.60. The lowest BCUT2D eigenvalue weighted by Crippen LogP contribution is -1.91. The molecule has 0 spiro atoms. The molecule has 0 radical (unpaired) electrons. The van der Waals surface area contributed by atoms with Crippen molar-refractivity contribution in [2.24, 2.45) is 0 Å². The van der Waals surface area contributed by atoms with Gasteiger partial charge in [-0.05, 0) is 17.7 Å². The minimum Gasteiger partial charge on any atom is -0.463 e. The van der Waals surface area contributed by atoms with Gasteiger partial charge in [0.15, 0.2) is 0 Å². The van der Waals surface area contributed by atoms with Gasteiger partial charge >= 0.3 is 0 Å². The summed E-state index contributed by atoms with van der Waals surface area (Å²) in [5.41, 5.74) is 1.98. The van der Waals surface area contributed by atoms with Gasteiger partial charge < -0.3 is 4.74 Å². The number of pyridine rings is 1. The summed E-state index contributed by atoms with van der Waals surface area (Å²) in [6.45, 7) is 0.565. The van der Waals surface area contributed by atoms with Crippen LogP contribution in [0.2, 0.25) is 0 Å². The molecule has 5 heteroatoms. The fraction of sp³-hybridized carbons (Fsp3) is 0.143. The Balaban J connectivity index is 2.22. The number of rotatable bonds is 5. The Kier molecular flexibility index (Phi) is 4.18. The van der Waals surface area contributed by atoms with Crippen LogP contribution in [-0.2, 0) is 16.1 Å². The molecule has 3 nitrogen and oxygen atoms in total. The van der Waals surface area contributed by atoms with Gasteiger partial charge in [0.2, 0.25) is 0 Å². The van der Waals surface area contributed by atoms with E-state index in [-0.39, 0.29) is 12.2 Å². The molecule has 0 unspecified atom stereocenters. The predicted octanol–water partition coefficient (Wildman–Crippen LogP) is 3.36. The van der Waals surface area contributed by atoms with E-state index in [4.69, 9.17) is 0 Å². The Hall–Kier alpha value is -2.30. The van der Waals surface area contributed by atoms with E-state index in [1.54, 1.807) is 24.3 Å². The number of carbonyl (C=O) groups excluding carboxylic acids is 1. The largest absolute Gasteiger partial charge is 0.463 e. The molecule has 0 bridgehead atoms. The summed E-state index contributed by atoms with van der Waals surface area (Å²) >= 11 is 0. The van der Waals surface area contributed by atoms with Crippen molar-refractivity contribution in [2.75, 3.05) is 0 Å². The fourth-order valence-electron chi connectivity index (χ4n) is 1.64. The number of halogens is 2. The van der Waals surface area contributed by atoms with Crippen molar-refractivity contribution in [1.29, 1.82) is 0 Å². The Bertz CT molecular complexity index is 556. The summed E-state index contributed by atoms with van der Waals surface area (Å²) in [5, 5.41) is 0. The maximum absolute atomic E-state index is 12.6. The first-order chi connectivity index (χ1) is 9.20. The summed E-state index contributed by atoms with van der Waals surface area (Å²) in [7, 11) is 0. The molecule has 2 aromatic rings. The van der Waals surface area contributed by atoms with Gasteiger partial charge in [-0.25, -0.2) is 8.78 Å². The molecule has 1 aromatic carbocycles. The van der Waals surface area contributed by atoms with E-state index >= 15 is 0 Å². The second-order valence-electron chi connectivity index (χ2n) is 3.88. The number of benzene rings is 1. The van der Waals surface area contributed by atoms with Crippen molar-refractivity contribution >= 4 is 6.47 Å². The summed E-state index contributed by atoms with van der Waals surface area (Å²) in [6.07, 6.45) is -1.15. The van der Waals surface area contributed by atoms with Crippen molar-refractivity contribution in [3.05, 3.63) is 53.7 Å². The van der Waals surface area contributed by atoms with E-state index in [1.165, 1.54) is 18.3 Å². The molecule has 0 fully saturated rings. The standard InChI is InChI=1S/C14H11F2NO2/c15-14(16)12-5-6-17-13(7-12)11-3-1-10(2-4-11)8-19-9-18/h1-7,9,14H,8H2. The normalized spacial score (nSPS) is 10.5. The summed E-state index contributed by atoms with van der Waals surface area (Å²) in [5.74, 6) is 0. The topological polar surface area (TPSA) is 39.2 Å². The molecule has 0 atom stereocenters. The van der Waals surface area contributed by atoms with Crippen molar-refractivity contribution in [3.63, 3.8) is 0 Å². The molecule has 98 valence electrons. The molecule has 0 saturated heterocycles. The molecule has 0 amide bonds. The van der Waals surface area contributed by atoms with Crippen LogP contribution in [0.1, 0.15) is 17.6 Å². The number of carbonyl (C=O) groups is 1. The molecule has 0 aliphatic rings. The number of nitrogens with zero attached hydrogens (tertiary/aromatic N) is 1. The maximum atomic E-state index is 12.6. The minimum atomic E-state index is -2.51. The Morgan fingerprint density at radius 2 is 1.95 bits per heavy atom. The number of ether oxygens (including phenoxy) is 1. The van der Waals surface area contributed by atoms with Crippen molar-refractivity contribution in [1.82, 2.24) is 4.98 Å². The van der Waals surface area contributed by atoms with Crippen LogP contribution in [0.15, 0.2) is 42.6 Å². The number of hydrogen-bond acceptors (Lipinski definition) is 3. The quantitative estimate of drug-likeness (QED) is 0.776. The Morgan fingerprint density at radius 3 is 2.58 bits per heavy atom. The van der Waals surface area contributed by atoms with E-state index in [0.717, 1.165) is 11.1 Å². The highest BCUT2D eigenvalue weighted by Gasteiger charge is 2.08. The van der Waals surface area contributed by atoms with Gasteiger partial charge in [0.1, 0.15) is 6.61 Å². The summed E-state index contributed by atoms with van der Waals surface area (Å²) in [4.78, 5) is 14.1. The number of aromatic nitrogens is 1. The Morgan fingerprint density at radius 1 is 1.21 bits per heavy atom. The highest BCUT2D eigenvalue weighted by molar-refractivity contribution is 5.60. The monoisotopic (exact) mass is 263 g/mol. The third-order valence-electron chi connectivity index (χ3n) is 2.60. The SMILES string of the molecule is O=COCc1ccc(-c2cc(C(F)F)ccn2)cc1. The molecule has 2 rings (SSSR count). The van der Waals surface area contributed by atoms with E-state index in [9.17, 15) is 13.6 Å². The molecule has 0 N–H and O–H groups in total. The molecular formula is C14H11F2NO2. The zero-order chi connectivity index (χ0) is 13.7. The van der Waals surface area contributed by atoms with Crippen molar-refractivity contribution in [2.45, 2.75) is 13.0 Å². The van der Waals surface area contributed by atoms with E-state index in [1.807, 2.05) is 0 Å². The second-order valence-corrected chi connectivity index (χ2v) is 3.88. The lowest BCUT2D eigenvalue weighted by atomic mass is 10.1. The van der Waals surface area contributed by atoms with Crippen LogP contribution in [-0.4, -0.2) is 11.5 Å². The number of alkyl halides is 2. The molecule has 0 saturated carbocycles. The van der Waals surface area contributed by atoms with Crippen LogP contribution in [0.5, 0.6) is 0 Å². The van der Waals surface area contributed by atoms with Gasteiger partial charge in [0.25, 0.3) is 12.9 Å². The van der Waals surface area contributed by atoms with Crippen LogP contribution >= 0.6 is 0 Å². The van der Waals surface area contributed by atoms with E-state index in [0.29, 0.717) is 12.2 Å². The first kappa shape index (κ1) is 13.1. The maximum Gasteiger partial charge on any atom is 0.293 e. The first-order valence-electron chi connectivity index (χ1n) is 5.59. The van der Waals surface area contributed by atoms with Gasteiger partial charge in [0, 0.05) is 17.3 Å². The Labute approximate surface area is 108 Å². The van der Waals surface area contributed by atoms with Crippen LogP contribution in [0.25, 0.3) is 11.3 Å². The van der Waals surface area contributed by atoms with Crippen molar-refractivity contribution < 1.29 is 18.3 Å². The van der Waals surface area contributed by atoms with Crippen LogP contribution in [0.3, 0.4) is 0 Å². The van der Waals surface area contributed by atoms with Gasteiger partial charge in [0.05, 0.1) is 5.69 Å². The predicted molar refractivity (Wildman–Crippen MR) is 65.5 cm³/mol. The highest BCUT2D eigenvalue weighted by Crippen LogP contribution is 2.24. The first-order valence-corrected chi connectivity index (χ1v) is 5.59. The lowest BCUT2D eigenvalue weighted by Gasteiger charge is -2.05. The van der Waals surface area contributed by atoms with Crippen molar-refractivity contribution in [3.8, 4) is 11.3 Å². The van der Waals surface area contributed by atoms with Gasteiger partial charge in [-0.1, -0.05) is 24.3 Å². The van der Waals surface area contributed by atoms with Crippen LogP contribution in [0, 0.1) is 0 Å². The van der Waals surface area contributed by atoms with Gasteiger partial charge in [-0.15, -0.1) is 0 Å². The molecule has 19 heavy (non-hydrogen) atoms. The molecular weight excluding hydrogens is 252 g/mol. The van der Waals surface area contributed by atoms with Gasteiger partial charge in [-0.3, -0.25) is 9.78 Å². The molecule has 1 aromatic heterocycles.